The van der Waals surface area contributed by atoms with Crippen molar-refractivity contribution in [1.29, 1.82) is 0 Å². The standard InChI is InChI=1S/2C24H42O3S.Ba/c2*1-3-5-7-9-11-13-15-18-22-19-17-21-24(28(25,26)27)23(22)20-16-14-12-10-8-6-4-2;/h2*17,19,21H,3-16,18,20H2,1-2H3,(H,25,26,27);/q;;+2/p-2. The molecule has 0 saturated carbocycles. The van der Waals surface area contributed by atoms with Gasteiger partial charge in [0, 0.05) is 0 Å². The van der Waals surface area contributed by atoms with E-state index in [1.54, 1.807) is 12.1 Å². The summed E-state index contributed by atoms with van der Waals surface area (Å²) in [6.45, 7) is 8.88. The molecule has 0 radical (unpaired) electrons. The average Bonchev–Trinajstić information content (AvgIpc) is 3.16. The van der Waals surface area contributed by atoms with Crippen molar-refractivity contribution < 1.29 is 25.9 Å². The van der Waals surface area contributed by atoms with Crippen molar-refractivity contribution >= 4 is 69.1 Å². The van der Waals surface area contributed by atoms with Gasteiger partial charge in [-0.15, -0.1) is 0 Å². The summed E-state index contributed by atoms with van der Waals surface area (Å²) < 4.78 is 70.4. The van der Waals surface area contributed by atoms with Crippen molar-refractivity contribution in [3.05, 3.63) is 58.7 Å². The van der Waals surface area contributed by atoms with Gasteiger partial charge in [0.05, 0.1) is 9.79 Å². The van der Waals surface area contributed by atoms with E-state index in [9.17, 15) is 25.9 Å². The Labute approximate surface area is 392 Å². The molecule has 6 nitrogen and oxygen atoms in total. The SMILES string of the molecule is CCCCCCCCCc1cccc(S(=O)(=O)[O-])c1CCCCCCCCC.CCCCCCCCCc1cccc(S(=O)(=O)[O-])c1CCCCCCCCC.[Ba+2]. The van der Waals surface area contributed by atoms with Gasteiger partial charge >= 0.3 is 48.9 Å². The third kappa shape index (κ3) is 28.1. The zero-order chi connectivity index (χ0) is 41.3. The van der Waals surface area contributed by atoms with Crippen LogP contribution in [0.15, 0.2) is 46.2 Å². The normalized spacial score (nSPS) is 11.6. The van der Waals surface area contributed by atoms with E-state index in [1.807, 2.05) is 12.1 Å². The number of aryl methyl sites for hydroxylation is 2. The molecule has 0 atom stereocenters. The van der Waals surface area contributed by atoms with Crippen molar-refractivity contribution in [2.75, 3.05) is 0 Å². The minimum Gasteiger partial charge on any atom is -0.744 e. The van der Waals surface area contributed by atoms with E-state index in [-0.39, 0.29) is 58.7 Å². The molecule has 0 aliphatic carbocycles. The third-order valence-corrected chi connectivity index (χ3v) is 13.0. The Morgan fingerprint density at radius 2 is 0.579 bits per heavy atom. The minimum absolute atomic E-state index is 0. The molecule has 2 rings (SSSR count). The second kappa shape index (κ2) is 36.5. The van der Waals surface area contributed by atoms with Crippen LogP contribution in [0.2, 0.25) is 0 Å². The number of hydrogen-bond acceptors (Lipinski definition) is 6. The molecule has 2 aromatic carbocycles. The third-order valence-electron chi connectivity index (χ3n) is 11.2. The van der Waals surface area contributed by atoms with Gasteiger partial charge in [0.1, 0.15) is 20.2 Å². The average molecular weight is 957 g/mol. The summed E-state index contributed by atoms with van der Waals surface area (Å²) in [7, 11) is -8.81. The molecule has 0 bridgehead atoms. The Balaban J connectivity index is 0.00000108. The van der Waals surface area contributed by atoms with Gasteiger partial charge in [-0.1, -0.05) is 206 Å². The fourth-order valence-electron chi connectivity index (χ4n) is 7.79. The van der Waals surface area contributed by atoms with Crippen LogP contribution >= 0.6 is 0 Å². The fourth-order valence-corrected chi connectivity index (χ4v) is 9.35. The molecule has 0 N–H and O–H groups in total. The molecule has 0 aromatic heterocycles. The van der Waals surface area contributed by atoms with Gasteiger partial charge in [-0.2, -0.15) is 0 Å². The van der Waals surface area contributed by atoms with E-state index in [0.29, 0.717) is 12.8 Å². The number of hydrogen-bond donors (Lipinski definition) is 0. The van der Waals surface area contributed by atoms with E-state index >= 15 is 0 Å². The Hall–Kier alpha value is -0.169. The van der Waals surface area contributed by atoms with Crippen molar-refractivity contribution in [1.82, 2.24) is 0 Å². The van der Waals surface area contributed by atoms with E-state index in [2.05, 4.69) is 27.7 Å². The van der Waals surface area contributed by atoms with Crippen LogP contribution < -0.4 is 0 Å². The first kappa shape index (κ1) is 56.8. The maximum atomic E-state index is 11.7. The first-order chi connectivity index (χ1) is 27.0. The predicted molar refractivity (Wildman–Crippen MR) is 241 cm³/mol. The Morgan fingerprint density at radius 3 is 0.825 bits per heavy atom. The first-order valence-electron chi connectivity index (χ1n) is 23.1. The van der Waals surface area contributed by atoms with Gasteiger partial charge in [-0.25, -0.2) is 16.8 Å². The van der Waals surface area contributed by atoms with Gasteiger partial charge in [0.15, 0.2) is 0 Å². The summed E-state index contributed by atoms with van der Waals surface area (Å²) in [5.74, 6) is 0. The minimum atomic E-state index is -4.41. The maximum Gasteiger partial charge on any atom is 2.00 e. The van der Waals surface area contributed by atoms with Gasteiger partial charge in [-0.05, 0) is 85.8 Å². The summed E-state index contributed by atoms with van der Waals surface area (Å²) in [6, 6.07) is 10.5. The zero-order valence-electron chi connectivity index (χ0n) is 37.1. The van der Waals surface area contributed by atoms with Crippen molar-refractivity contribution in [2.24, 2.45) is 0 Å². The molecule has 0 aliphatic rings. The monoisotopic (exact) mass is 956 g/mol. The summed E-state index contributed by atoms with van der Waals surface area (Å²) >= 11 is 0. The Bertz CT molecular complexity index is 1360. The van der Waals surface area contributed by atoms with E-state index in [0.717, 1.165) is 73.6 Å². The van der Waals surface area contributed by atoms with Gasteiger partial charge in [-0.3, -0.25) is 0 Å². The number of rotatable bonds is 34. The summed E-state index contributed by atoms with van der Waals surface area (Å²) in [5.41, 5.74) is 3.71. The van der Waals surface area contributed by atoms with Crippen LogP contribution in [-0.2, 0) is 45.9 Å². The van der Waals surface area contributed by atoms with Crippen LogP contribution in [0.5, 0.6) is 0 Å². The first-order valence-corrected chi connectivity index (χ1v) is 26.0. The van der Waals surface area contributed by atoms with E-state index < -0.39 is 20.2 Å². The molecule has 324 valence electrons. The van der Waals surface area contributed by atoms with E-state index in [1.165, 1.54) is 153 Å². The van der Waals surface area contributed by atoms with Gasteiger partial charge in [0.25, 0.3) is 0 Å². The van der Waals surface area contributed by atoms with Crippen molar-refractivity contribution in [2.45, 2.75) is 243 Å². The topological polar surface area (TPSA) is 114 Å². The number of benzene rings is 2. The van der Waals surface area contributed by atoms with Crippen LogP contribution in [0.3, 0.4) is 0 Å². The smallest absolute Gasteiger partial charge is 0.744 e. The molecule has 9 heteroatoms. The van der Waals surface area contributed by atoms with Gasteiger partial charge in [0.2, 0.25) is 0 Å². The maximum absolute atomic E-state index is 11.7. The second-order valence-corrected chi connectivity index (χ2v) is 18.9. The van der Waals surface area contributed by atoms with Crippen LogP contribution in [0.4, 0.5) is 0 Å². The molecule has 0 saturated heterocycles. The number of unbranched alkanes of at least 4 members (excludes halogenated alkanes) is 24. The van der Waals surface area contributed by atoms with Gasteiger partial charge < -0.3 is 9.11 Å². The zero-order valence-corrected chi connectivity index (χ0v) is 43.1. The largest absolute Gasteiger partial charge is 2.00 e. The Kier molecular flexibility index (Phi) is 36.4. The quantitative estimate of drug-likeness (QED) is 0.0392. The fraction of sp³-hybridized carbons (Fsp3) is 0.750. The van der Waals surface area contributed by atoms with Crippen LogP contribution in [-0.4, -0.2) is 74.8 Å². The summed E-state index contributed by atoms with van der Waals surface area (Å²) in [6.07, 6.45) is 37.1. The molecular weight excluding hydrogens is 874 g/mol. The van der Waals surface area contributed by atoms with Crippen molar-refractivity contribution in [3.8, 4) is 0 Å². The Morgan fingerprint density at radius 1 is 0.351 bits per heavy atom. The molecule has 0 spiro atoms. The summed E-state index contributed by atoms with van der Waals surface area (Å²) in [4.78, 5) is 0.0258. The van der Waals surface area contributed by atoms with Crippen LogP contribution in [0, 0.1) is 0 Å². The molecule has 0 heterocycles. The predicted octanol–water partition coefficient (Wildman–Crippen LogP) is 14.0. The molecular formula is C48H82BaO6S2. The van der Waals surface area contributed by atoms with E-state index in [4.69, 9.17) is 0 Å². The van der Waals surface area contributed by atoms with Crippen LogP contribution in [0.25, 0.3) is 0 Å². The van der Waals surface area contributed by atoms with Crippen LogP contribution in [0.1, 0.15) is 230 Å². The molecule has 0 unspecified atom stereocenters. The molecule has 0 aliphatic heterocycles. The summed E-state index contributed by atoms with van der Waals surface area (Å²) in [5, 5.41) is 0. The molecule has 0 amide bonds. The molecule has 57 heavy (non-hydrogen) atoms. The molecule has 2 aromatic rings. The molecule has 0 fully saturated rings. The van der Waals surface area contributed by atoms with Crippen molar-refractivity contribution in [3.63, 3.8) is 0 Å². The second-order valence-electron chi connectivity index (χ2n) is 16.2.